The third kappa shape index (κ3) is 3.51. The number of rotatable bonds is 3. The monoisotopic (exact) mass is 305 g/mol. The number of nitrogens with zero attached hydrogens (tertiary/aromatic N) is 1. The number of hydrogen-bond acceptors (Lipinski definition) is 3. The highest BCUT2D eigenvalue weighted by molar-refractivity contribution is 6.35. The molecule has 100 valence electrons. The average molecular weight is 306 g/mol. The zero-order valence-electron chi connectivity index (χ0n) is 10.3. The maximum atomic E-state index is 11.9. The topological polar surface area (TPSA) is 50.1 Å². The highest BCUT2D eigenvalue weighted by Gasteiger charge is 2.10. The van der Waals surface area contributed by atoms with Gasteiger partial charge in [-0.25, -0.2) is 4.79 Å². The summed E-state index contributed by atoms with van der Waals surface area (Å²) in [4.78, 5) is 11.9. The van der Waals surface area contributed by atoms with E-state index in [0.29, 0.717) is 21.2 Å². The molecule has 0 heterocycles. The number of carbonyl (C=O) groups excluding carboxylic acids is 1. The van der Waals surface area contributed by atoms with Crippen molar-refractivity contribution in [2.24, 2.45) is 0 Å². The summed E-state index contributed by atoms with van der Waals surface area (Å²) in [5, 5.41) is 9.67. The van der Waals surface area contributed by atoms with Gasteiger partial charge in [-0.2, -0.15) is 5.26 Å². The third-order valence-electron chi connectivity index (χ3n) is 2.59. The normalized spacial score (nSPS) is 9.85. The molecule has 0 aliphatic rings. The zero-order chi connectivity index (χ0) is 14.5. The predicted molar refractivity (Wildman–Crippen MR) is 76.7 cm³/mol. The number of nitriles is 1. The first-order chi connectivity index (χ1) is 9.60. The van der Waals surface area contributed by atoms with Gasteiger partial charge in [-0.1, -0.05) is 41.4 Å². The van der Waals surface area contributed by atoms with Crippen LogP contribution in [-0.2, 0) is 11.3 Å². The molecule has 2 aromatic carbocycles. The van der Waals surface area contributed by atoms with E-state index in [4.69, 9.17) is 33.2 Å². The minimum Gasteiger partial charge on any atom is -0.457 e. The van der Waals surface area contributed by atoms with E-state index in [1.807, 2.05) is 6.07 Å². The molecule has 3 nitrogen and oxygen atoms in total. The van der Waals surface area contributed by atoms with Crippen molar-refractivity contribution >= 4 is 29.2 Å². The maximum Gasteiger partial charge on any atom is 0.338 e. The van der Waals surface area contributed by atoms with Crippen LogP contribution in [0.25, 0.3) is 0 Å². The summed E-state index contributed by atoms with van der Waals surface area (Å²) in [6.07, 6.45) is 0. The van der Waals surface area contributed by atoms with Crippen molar-refractivity contribution in [1.82, 2.24) is 0 Å². The molecule has 0 N–H and O–H groups in total. The van der Waals surface area contributed by atoms with Crippen molar-refractivity contribution in [3.8, 4) is 6.07 Å². The van der Waals surface area contributed by atoms with Gasteiger partial charge >= 0.3 is 5.97 Å². The van der Waals surface area contributed by atoms with E-state index in [1.54, 1.807) is 24.3 Å². The summed E-state index contributed by atoms with van der Waals surface area (Å²) in [5.41, 5.74) is 1.40. The second kappa shape index (κ2) is 6.42. The molecule has 0 aromatic heterocycles. The molecule has 0 unspecified atom stereocenters. The number of ether oxygens (including phenoxy) is 1. The number of halogens is 2. The Morgan fingerprint density at radius 1 is 1.15 bits per heavy atom. The summed E-state index contributed by atoms with van der Waals surface area (Å²) in [6.45, 7) is 0.0205. The molecule has 0 spiro atoms. The van der Waals surface area contributed by atoms with Gasteiger partial charge in [0.15, 0.2) is 0 Å². The van der Waals surface area contributed by atoms with E-state index < -0.39 is 5.97 Å². The van der Waals surface area contributed by atoms with Crippen molar-refractivity contribution < 1.29 is 9.53 Å². The molecule has 20 heavy (non-hydrogen) atoms. The lowest BCUT2D eigenvalue weighted by molar-refractivity contribution is 0.0472. The van der Waals surface area contributed by atoms with Gasteiger partial charge in [-0.15, -0.1) is 0 Å². The Labute approximate surface area is 126 Å². The number of esters is 1. The average Bonchev–Trinajstić information content (AvgIpc) is 2.44. The third-order valence-corrected chi connectivity index (χ3v) is 3.03. The lowest BCUT2D eigenvalue weighted by Gasteiger charge is -2.07. The lowest BCUT2D eigenvalue weighted by atomic mass is 10.1. The second-order valence-corrected chi connectivity index (χ2v) is 4.88. The molecule has 0 atom stereocenters. The molecule has 0 radical (unpaired) electrons. The first-order valence-electron chi connectivity index (χ1n) is 5.71. The van der Waals surface area contributed by atoms with Crippen molar-refractivity contribution in [3.63, 3.8) is 0 Å². The van der Waals surface area contributed by atoms with E-state index in [9.17, 15) is 4.79 Å². The molecule has 2 rings (SSSR count). The van der Waals surface area contributed by atoms with Crippen LogP contribution in [0.4, 0.5) is 0 Å². The molecular formula is C15H9Cl2NO2. The smallest absolute Gasteiger partial charge is 0.338 e. The summed E-state index contributed by atoms with van der Waals surface area (Å²) in [7, 11) is 0. The first kappa shape index (κ1) is 14.4. The summed E-state index contributed by atoms with van der Waals surface area (Å²) < 4.78 is 5.16. The van der Waals surface area contributed by atoms with E-state index >= 15 is 0 Å². The van der Waals surface area contributed by atoms with Crippen molar-refractivity contribution in [2.75, 3.05) is 0 Å². The van der Waals surface area contributed by atoms with Crippen LogP contribution in [0.2, 0.25) is 10.0 Å². The molecule has 0 bridgehead atoms. The van der Waals surface area contributed by atoms with Crippen LogP contribution in [0, 0.1) is 11.3 Å². The lowest BCUT2D eigenvalue weighted by Crippen LogP contribution is -2.06. The van der Waals surface area contributed by atoms with Gasteiger partial charge in [0.1, 0.15) is 6.61 Å². The molecule has 5 heteroatoms. The van der Waals surface area contributed by atoms with Crippen molar-refractivity contribution in [2.45, 2.75) is 6.61 Å². The zero-order valence-corrected chi connectivity index (χ0v) is 11.8. The largest absolute Gasteiger partial charge is 0.457 e. The van der Waals surface area contributed by atoms with Gasteiger partial charge < -0.3 is 4.74 Å². The van der Waals surface area contributed by atoms with Crippen LogP contribution < -0.4 is 0 Å². The van der Waals surface area contributed by atoms with Gasteiger partial charge in [0.25, 0.3) is 0 Å². The van der Waals surface area contributed by atoms with Gasteiger partial charge in [0.05, 0.1) is 17.2 Å². The molecule has 0 amide bonds. The summed E-state index contributed by atoms with van der Waals surface area (Å²) in [6, 6.07) is 13.5. The molecule has 0 aliphatic carbocycles. The maximum absolute atomic E-state index is 11.9. The Morgan fingerprint density at radius 3 is 2.45 bits per heavy atom. The Bertz CT molecular complexity index is 672. The summed E-state index contributed by atoms with van der Waals surface area (Å²) in [5.74, 6) is -0.540. The predicted octanol–water partition coefficient (Wildman–Crippen LogP) is 4.22. The van der Waals surface area contributed by atoms with E-state index in [0.717, 1.165) is 0 Å². The van der Waals surface area contributed by atoms with Gasteiger partial charge in [0.2, 0.25) is 0 Å². The van der Waals surface area contributed by atoms with Crippen LogP contribution in [-0.4, -0.2) is 5.97 Å². The molecular weight excluding hydrogens is 297 g/mol. The number of benzene rings is 2. The van der Waals surface area contributed by atoms with Crippen molar-refractivity contribution in [3.05, 3.63) is 69.2 Å². The van der Waals surface area contributed by atoms with Crippen molar-refractivity contribution in [1.29, 1.82) is 5.26 Å². The summed E-state index contributed by atoms with van der Waals surface area (Å²) >= 11 is 11.6. The highest BCUT2D eigenvalue weighted by Crippen LogP contribution is 2.20. The second-order valence-electron chi connectivity index (χ2n) is 4.00. The minimum atomic E-state index is -0.540. The van der Waals surface area contributed by atoms with Crippen LogP contribution >= 0.6 is 23.2 Å². The first-order valence-corrected chi connectivity index (χ1v) is 6.47. The standard InChI is InChI=1S/C15H9Cl2NO2/c16-13-5-12(6-14(17)7-13)15(19)20-9-11-4-2-1-3-10(11)8-18/h1-7H,9H2. The number of hydrogen-bond donors (Lipinski definition) is 0. The Kier molecular flexibility index (Phi) is 4.62. The van der Waals surface area contributed by atoms with Gasteiger partial charge in [0, 0.05) is 15.6 Å². The quantitative estimate of drug-likeness (QED) is 0.798. The van der Waals surface area contributed by atoms with Gasteiger partial charge in [-0.3, -0.25) is 0 Å². The van der Waals surface area contributed by atoms with Crippen LogP contribution in [0.3, 0.4) is 0 Å². The van der Waals surface area contributed by atoms with Gasteiger partial charge in [-0.05, 0) is 24.3 Å². The SMILES string of the molecule is N#Cc1ccccc1COC(=O)c1cc(Cl)cc(Cl)c1. The Hall–Kier alpha value is -2.02. The van der Waals surface area contributed by atoms with E-state index in [2.05, 4.69) is 0 Å². The molecule has 0 aliphatic heterocycles. The molecule has 0 fully saturated rings. The fourth-order valence-corrected chi connectivity index (χ4v) is 2.18. The Balaban J connectivity index is 2.11. The molecule has 0 saturated heterocycles. The molecule has 2 aromatic rings. The highest BCUT2D eigenvalue weighted by atomic mass is 35.5. The van der Waals surface area contributed by atoms with Crippen LogP contribution in [0.5, 0.6) is 0 Å². The molecule has 0 saturated carbocycles. The number of carbonyl (C=O) groups is 1. The van der Waals surface area contributed by atoms with E-state index in [1.165, 1.54) is 18.2 Å². The fourth-order valence-electron chi connectivity index (χ4n) is 1.65. The Morgan fingerprint density at radius 2 is 1.80 bits per heavy atom. The van der Waals surface area contributed by atoms with Crippen LogP contribution in [0.15, 0.2) is 42.5 Å². The van der Waals surface area contributed by atoms with E-state index in [-0.39, 0.29) is 12.2 Å². The minimum absolute atomic E-state index is 0.0205. The fraction of sp³-hybridized carbons (Fsp3) is 0.0667. The van der Waals surface area contributed by atoms with Crippen LogP contribution in [0.1, 0.15) is 21.5 Å².